The maximum atomic E-state index is 13.7. The zero-order valence-electron chi connectivity index (χ0n) is 17.5. The Kier molecular flexibility index (Phi) is 6.17. The molecule has 2 amide bonds. The Morgan fingerprint density at radius 1 is 1.16 bits per heavy atom. The van der Waals surface area contributed by atoms with Crippen molar-refractivity contribution in [1.82, 2.24) is 9.62 Å². The number of anilines is 1. The van der Waals surface area contributed by atoms with Crippen LogP contribution < -0.4 is 15.8 Å². The predicted octanol–water partition coefficient (Wildman–Crippen LogP) is 1.70. The second-order valence-electron chi connectivity index (χ2n) is 7.86. The normalized spacial score (nSPS) is 15.9. The molecule has 0 spiro atoms. The molecule has 0 aliphatic carbocycles. The lowest BCUT2D eigenvalue weighted by Gasteiger charge is -2.48. The van der Waals surface area contributed by atoms with E-state index in [1.807, 2.05) is 26.0 Å². The van der Waals surface area contributed by atoms with Gasteiger partial charge in [-0.2, -0.15) is 12.7 Å². The van der Waals surface area contributed by atoms with E-state index in [4.69, 9.17) is 5.14 Å². The highest BCUT2D eigenvalue weighted by atomic mass is 32.2. The van der Waals surface area contributed by atoms with Gasteiger partial charge in [0.2, 0.25) is 5.91 Å². The van der Waals surface area contributed by atoms with Gasteiger partial charge in [-0.05, 0) is 35.2 Å². The van der Waals surface area contributed by atoms with E-state index >= 15 is 0 Å². The highest BCUT2D eigenvalue weighted by molar-refractivity contribution is 7.86. The van der Waals surface area contributed by atoms with Crippen LogP contribution in [0.4, 0.5) is 10.1 Å². The lowest BCUT2D eigenvalue weighted by Crippen LogP contribution is -2.67. The van der Waals surface area contributed by atoms with Crippen molar-refractivity contribution in [3.63, 3.8) is 0 Å². The van der Waals surface area contributed by atoms with Gasteiger partial charge in [-0.3, -0.25) is 9.59 Å². The highest BCUT2D eigenvalue weighted by Crippen LogP contribution is 2.40. The van der Waals surface area contributed by atoms with Crippen molar-refractivity contribution in [1.29, 1.82) is 0 Å². The van der Waals surface area contributed by atoms with Crippen molar-refractivity contribution >= 4 is 27.7 Å². The maximum absolute atomic E-state index is 13.7. The van der Waals surface area contributed by atoms with Gasteiger partial charge in [-0.1, -0.05) is 38.1 Å². The minimum absolute atomic E-state index is 0.0363. The molecular formula is C21H25FN4O4S. The number of benzene rings is 2. The van der Waals surface area contributed by atoms with Crippen LogP contribution in [-0.2, 0) is 20.4 Å². The molecule has 1 heterocycles. The molecule has 0 saturated carbocycles. The van der Waals surface area contributed by atoms with Crippen LogP contribution in [0.3, 0.4) is 0 Å². The van der Waals surface area contributed by atoms with Crippen molar-refractivity contribution in [3.05, 3.63) is 65.0 Å². The first-order valence-corrected chi connectivity index (χ1v) is 11.2. The molecule has 2 aromatic rings. The Bertz CT molecular complexity index is 1130. The predicted molar refractivity (Wildman–Crippen MR) is 115 cm³/mol. The van der Waals surface area contributed by atoms with E-state index in [1.54, 1.807) is 12.1 Å². The van der Waals surface area contributed by atoms with Gasteiger partial charge in [-0.25, -0.2) is 9.53 Å². The number of rotatable bonds is 6. The van der Waals surface area contributed by atoms with Crippen LogP contribution in [0.25, 0.3) is 0 Å². The zero-order valence-corrected chi connectivity index (χ0v) is 18.3. The number of carbonyl (C=O) groups excluding carboxylic acids is 2. The molecule has 3 rings (SSSR count). The molecule has 1 aliphatic rings. The molecule has 166 valence electrons. The number of carbonyl (C=O) groups is 2. The second kappa shape index (κ2) is 8.37. The topological polar surface area (TPSA) is 122 Å². The van der Waals surface area contributed by atoms with Gasteiger partial charge in [0, 0.05) is 20.1 Å². The first kappa shape index (κ1) is 22.9. The molecule has 1 fully saturated rings. The summed E-state index contributed by atoms with van der Waals surface area (Å²) in [6.45, 7) is 3.67. The van der Waals surface area contributed by atoms with E-state index in [1.165, 1.54) is 13.1 Å². The van der Waals surface area contributed by atoms with Gasteiger partial charge in [0.1, 0.15) is 11.2 Å². The van der Waals surface area contributed by atoms with Gasteiger partial charge in [0.15, 0.2) is 0 Å². The van der Waals surface area contributed by atoms with Gasteiger partial charge in [0.05, 0.1) is 11.3 Å². The monoisotopic (exact) mass is 448 g/mol. The summed E-state index contributed by atoms with van der Waals surface area (Å²) in [4.78, 5) is 25.7. The van der Waals surface area contributed by atoms with Crippen LogP contribution in [0, 0.1) is 5.82 Å². The summed E-state index contributed by atoms with van der Waals surface area (Å²) in [5.74, 6) is -1.61. The maximum Gasteiger partial charge on any atom is 0.276 e. The largest absolute Gasteiger partial charge is 0.355 e. The van der Waals surface area contributed by atoms with Crippen LogP contribution in [0.15, 0.2) is 42.5 Å². The molecule has 1 aliphatic heterocycles. The number of nitrogens with two attached hydrogens (primary N) is 1. The van der Waals surface area contributed by atoms with Gasteiger partial charge in [0.25, 0.3) is 16.1 Å². The van der Waals surface area contributed by atoms with Crippen molar-refractivity contribution in [3.8, 4) is 0 Å². The smallest absolute Gasteiger partial charge is 0.276 e. The molecule has 0 bridgehead atoms. The molecule has 0 atom stereocenters. The van der Waals surface area contributed by atoms with Gasteiger partial charge in [-0.15, -0.1) is 0 Å². The molecular weight excluding hydrogens is 423 g/mol. The summed E-state index contributed by atoms with van der Waals surface area (Å²) < 4.78 is 38.4. The average Bonchev–Trinajstić information content (AvgIpc) is 2.67. The number of nitrogens with one attached hydrogen (secondary N) is 2. The fraction of sp³-hybridized carbons (Fsp3) is 0.333. The van der Waals surface area contributed by atoms with Crippen LogP contribution in [0.5, 0.6) is 0 Å². The Hall–Kier alpha value is -2.82. The minimum atomic E-state index is -3.98. The summed E-state index contributed by atoms with van der Waals surface area (Å²) in [6, 6.07) is 10.8. The summed E-state index contributed by atoms with van der Waals surface area (Å²) in [7, 11) is -2.58. The van der Waals surface area contributed by atoms with Crippen LogP contribution in [-0.4, -0.2) is 44.7 Å². The second-order valence-corrected chi connectivity index (χ2v) is 9.41. The average molecular weight is 449 g/mol. The summed E-state index contributed by atoms with van der Waals surface area (Å²) in [5.41, 5.74) is 0.470. The third-order valence-electron chi connectivity index (χ3n) is 5.49. The fourth-order valence-corrected chi connectivity index (χ4v) is 4.60. The fourth-order valence-electron chi connectivity index (χ4n) is 3.80. The Balaban J connectivity index is 2.05. The van der Waals surface area contributed by atoms with Crippen LogP contribution in [0.2, 0.25) is 0 Å². The summed E-state index contributed by atoms with van der Waals surface area (Å²) >= 11 is 0. The molecule has 0 aromatic heterocycles. The number of amides is 2. The van der Waals surface area contributed by atoms with Crippen LogP contribution >= 0.6 is 0 Å². The van der Waals surface area contributed by atoms with E-state index in [9.17, 15) is 22.4 Å². The lowest BCUT2D eigenvalue weighted by atomic mass is 9.71. The molecule has 4 N–H and O–H groups in total. The highest BCUT2D eigenvalue weighted by Gasteiger charge is 2.54. The zero-order chi connectivity index (χ0) is 23.0. The van der Waals surface area contributed by atoms with Crippen molar-refractivity contribution in [2.45, 2.75) is 25.2 Å². The molecule has 0 radical (unpaired) electrons. The molecule has 2 aromatic carbocycles. The van der Waals surface area contributed by atoms with E-state index < -0.39 is 33.3 Å². The Morgan fingerprint density at radius 2 is 1.81 bits per heavy atom. The Morgan fingerprint density at radius 3 is 2.39 bits per heavy atom. The quantitative estimate of drug-likeness (QED) is 0.623. The third-order valence-corrected chi connectivity index (χ3v) is 6.46. The minimum Gasteiger partial charge on any atom is -0.355 e. The van der Waals surface area contributed by atoms with Gasteiger partial charge < -0.3 is 10.6 Å². The van der Waals surface area contributed by atoms with E-state index in [0.717, 1.165) is 22.0 Å². The summed E-state index contributed by atoms with van der Waals surface area (Å²) in [6.07, 6.45) is 0. The SMILES string of the molecule is CNC(=O)c1cc(F)ccc1NC(=O)C1(c2ccccc2C(C)C)CN(S(N)(=O)=O)C1. The molecule has 31 heavy (non-hydrogen) atoms. The van der Waals surface area contributed by atoms with Crippen molar-refractivity contribution < 1.29 is 22.4 Å². The lowest BCUT2D eigenvalue weighted by molar-refractivity contribution is -0.125. The van der Waals surface area contributed by atoms with E-state index in [0.29, 0.717) is 5.56 Å². The first-order valence-electron chi connectivity index (χ1n) is 9.70. The molecule has 1 saturated heterocycles. The van der Waals surface area contributed by atoms with Gasteiger partial charge >= 0.3 is 0 Å². The Labute approximate surface area is 180 Å². The van der Waals surface area contributed by atoms with Crippen molar-refractivity contribution in [2.75, 3.05) is 25.5 Å². The first-order chi connectivity index (χ1) is 14.5. The van der Waals surface area contributed by atoms with Crippen molar-refractivity contribution in [2.24, 2.45) is 5.14 Å². The number of hydrogen-bond donors (Lipinski definition) is 3. The number of nitrogens with zero attached hydrogens (tertiary/aromatic N) is 1. The molecule has 8 nitrogen and oxygen atoms in total. The van der Waals surface area contributed by atoms with E-state index in [2.05, 4.69) is 10.6 Å². The van der Waals surface area contributed by atoms with Crippen LogP contribution in [0.1, 0.15) is 41.3 Å². The standard InChI is InChI=1S/C21H25FN4O4S/c1-13(2)15-6-4-5-7-17(15)21(11-26(12-21)31(23,29)30)20(28)25-18-9-8-14(22)10-16(18)19(27)24-3/h4-10,13H,11-12H2,1-3H3,(H,24,27)(H,25,28)(H2,23,29,30). The van der Waals surface area contributed by atoms with E-state index in [-0.39, 0.29) is 30.3 Å². The summed E-state index contributed by atoms with van der Waals surface area (Å²) in [5, 5.41) is 10.4. The number of hydrogen-bond acceptors (Lipinski definition) is 4. The number of halogens is 1. The molecule has 0 unspecified atom stereocenters. The third kappa shape index (κ3) is 4.32. The molecule has 10 heteroatoms.